The number of aromatic hydroxyl groups is 1. The highest BCUT2D eigenvalue weighted by Gasteiger charge is 2.21. The molecule has 1 atom stereocenters. The quantitative estimate of drug-likeness (QED) is 0.658. The minimum absolute atomic E-state index is 0.0418. The second kappa shape index (κ2) is 4.59. The van der Waals surface area contributed by atoms with E-state index in [1.54, 1.807) is 24.3 Å². The maximum atomic E-state index is 11.3. The molecule has 2 rings (SSSR count). The topological polar surface area (TPSA) is 59.4 Å². The van der Waals surface area contributed by atoms with Gasteiger partial charge in [0.25, 0.3) is 0 Å². The van der Waals surface area contributed by atoms with Gasteiger partial charge in [-0.05, 0) is 12.1 Å². The summed E-state index contributed by atoms with van der Waals surface area (Å²) in [7, 11) is 1.25. The van der Waals surface area contributed by atoms with E-state index in [2.05, 4.69) is 9.72 Å². The summed E-state index contributed by atoms with van der Waals surface area (Å²) in [4.78, 5) is 15.5. The summed E-state index contributed by atoms with van der Waals surface area (Å²) in [6, 6.07) is 8.43. The average molecular weight is 252 g/mol. The number of methoxy groups -OCH3 is 1. The van der Waals surface area contributed by atoms with Crippen molar-refractivity contribution in [3.63, 3.8) is 0 Å². The van der Waals surface area contributed by atoms with Gasteiger partial charge in [-0.15, -0.1) is 11.6 Å². The lowest BCUT2D eigenvalue weighted by molar-refractivity contribution is -0.140. The molecule has 0 radical (unpaired) electrons. The number of benzene rings is 1. The summed E-state index contributed by atoms with van der Waals surface area (Å²) >= 11 is 5.88. The molecule has 88 valence electrons. The predicted octanol–water partition coefficient (Wildman–Crippen LogP) is 2.39. The number of ether oxygens (including phenoxy) is 1. The van der Waals surface area contributed by atoms with E-state index in [1.165, 1.54) is 13.2 Å². The standard InChI is InChI=1S/C12H10ClNO3/c1-17-12(16)11(13)9-6-10(15)7-4-2-3-5-8(7)14-9/h2-6,11H,1H3,(H,14,15). The molecule has 1 heterocycles. The molecule has 1 N–H and O–H groups in total. The number of carbonyl (C=O) groups excluding carboxylic acids is 1. The van der Waals surface area contributed by atoms with Crippen molar-refractivity contribution in [1.29, 1.82) is 0 Å². The van der Waals surface area contributed by atoms with E-state index in [9.17, 15) is 9.90 Å². The molecule has 0 bridgehead atoms. The molecule has 1 aromatic heterocycles. The number of carbonyl (C=O) groups is 1. The van der Waals surface area contributed by atoms with Gasteiger partial charge in [0.05, 0.1) is 18.3 Å². The average Bonchev–Trinajstić information content (AvgIpc) is 2.37. The Balaban J connectivity index is 2.53. The highest BCUT2D eigenvalue weighted by atomic mass is 35.5. The van der Waals surface area contributed by atoms with Crippen molar-refractivity contribution in [3.8, 4) is 5.75 Å². The van der Waals surface area contributed by atoms with Crippen LogP contribution in [0.15, 0.2) is 30.3 Å². The van der Waals surface area contributed by atoms with Crippen LogP contribution in [0.2, 0.25) is 0 Å². The van der Waals surface area contributed by atoms with E-state index in [1.807, 2.05) is 0 Å². The third-order valence-corrected chi connectivity index (χ3v) is 2.78. The van der Waals surface area contributed by atoms with E-state index in [0.717, 1.165) is 0 Å². The number of nitrogens with zero attached hydrogens (tertiary/aromatic N) is 1. The zero-order chi connectivity index (χ0) is 12.4. The van der Waals surface area contributed by atoms with Gasteiger partial charge in [-0.25, -0.2) is 0 Å². The molecule has 0 amide bonds. The summed E-state index contributed by atoms with van der Waals surface area (Å²) in [6.07, 6.45) is 0. The number of hydrogen-bond donors (Lipinski definition) is 1. The van der Waals surface area contributed by atoms with Crippen LogP contribution in [0.1, 0.15) is 11.1 Å². The smallest absolute Gasteiger partial charge is 0.329 e. The van der Waals surface area contributed by atoms with Gasteiger partial charge in [0.15, 0.2) is 5.38 Å². The first-order chi connectivity index (χ1) is 8.13. The van der Waals surface area contributed by atoms with Crippen LogP contribution in [0.5, 0.6) is 5.75 Å². The summed E-state index contributed by atoms with van der Waals surface area (Å²) in [5.41, 5.74) is 0.853. The van der Waals surface area contributed by atoms with Crippen molar-refractivity contribution >= 4 is 28.5 Å². The lowest BCUT2D eigenvalue weighted by atomic mass is 10.1. The first-order valence-corrected chi connectivity index (χ1v) is 5.37. The Morgan fingerprint density at radius 1 is 1.47 bits per heavy atom. The molecule has 5 heteroatoms. The second-order valence-corrected chi connectivity index (χ2v) is 3.91. The van der Waals surface area contributed by atoms with Crippen LogP contribution in [-0.4, -0.2) is 23.2 Å². The van der Waals surface area contributed by atoms with Gasteiger partial charge in [-0.2, -0.15) is 0 Å². The number of para-hydroxylation sites is 1. The Labute approximate surface area is 103 Å². The number of alkyl halides is 1. The molecule has 0 fully saturated rings. The van der Waals surface area contributed by atoms with Gasteiger partial charge in [-0.1, -0.05) is 12.1 Å². The fourth-order valence-electron chi connectivity index (χ4n) is 1.53. The number of aromatic nitrogens is 1. The minimum Gasteiger partial charge on any atom is -0.507 e. The molecule has 1 unspecified atom stereocenters. The van der Waals surface area contributed by atoms with Crippen molar-refractivity contribution in [1.82, 2.24) is 4.98 Å². The van der Waals surface area contributed by atoms with Gasteiger partial charge < -0.3 is 9.84 Å². The Morgan fingerprint density at radius 3 is 2.88 bits per heavy atom. The molecule has 0 saturated heterocycles. The number of hydrogen-bond acceptors (Lipinski definition) is 4. The Kier molecular flexibility index (Phi) is 3.15. The molecular formula is C12H10ClNO3. The number of fused-ring (bicyclic) bond motifs is 1. The first-order valence-electron chi connectivity index (χ1n) is 4.94. The van der Waals surface area contributed by atoms with E-state index < -0.39 is 11.3 Å². The monoisotopic (exact) mass is 251 g/mol. The molecule has 4 nitrogen and oxygen atoms in total. The third kappa shape index (κ3) is 2.17. The van der Waals surface area contributed by atoms with E-state index >= 15 is 0 Å². The van der Waals surface area contributed by atoms with Crippen LogP contribution in [0.25, 0.3) is 10.9 Å². The Hall–Kier alpha value is -1.81. The lowest BCUT2D eigenvalue weighted by Crippen LogP contribution is -2.10. The lowest BCUT2D eigenvalue weighted by Gasteiger charge is -2.09. The molecule has 0 spiro atoms. The SMILES string of the molecule is COC(=O)C(Cl)c1cc(O)c2ccccc2n1. The van der Waals surface area contributed by atoms with Gasteiger partial charge in [-0.3, -0.25) is 9.78 Å². The van der Waals surface area contributed by atoms with Crippen molar-refractivity contribution in [3.05, 3.63) is 36.0 Å². The maximum Gasteiger partial charge on any atom is 0.329 e. The van der Waals surface area contributed by atoms with Gasteiger partial charge in [0.2, 0.25) is 0 Å². The summed E-state index contributed by atoms with van der Waals surface area (Å²) in [5.74, 6) is -0.561. The molecule has 2 aromatic rings. The van der Waals surface area contributed by atoms with Crippen LogP contribution in [0.4, 0.5) is 0 Å². The second-order valence-electron chi connectivity index (χ2n) is 3.47. The zero-order valence-electron chi connectivity index (χ0n) is 9.05. The third-order valence-electron chi connectivity index (χ3n) is 2.38. The normalized spacial score (nSPS) is 12.4. The van der Waals surface area contributed by atoms with E-state index in [-0.39, 0.29) is 11.4 Å². The van der Waals surface area contributed by atoms with Crippen molar-refractivity contribution in [2.45, 2.75) is 5.38 Å². The van der Waals surface area contributed by atoms with Crippen LogP contribution in [0.3, 0.4) is 0 Å². The fourth-order valence-corrected chi connectivity index (χ4v) is 1.73. The van der Waals surface area contributed by atoms with E-state index in [0.29, 0.717) is 10.9 Å². The number of rotatable bonds is 2. The minimum atomic E-state index is -1.02. The number of pyridine rings is 1. The molecule has 0 aliphatic rings. The largest absolute Gasteiger partial charge is 0.507 e. The Bertz CT molecular complexity index is 571. The zero-order valence-corrected chi connectivity index (χ0v) is 9.81. The highest BCUT2D eigenvalue weighted by Crippen LogP contribution is 2.29. The molecule has 1 aromatic carbocycles. The molecule has 0 aliphatic carbocycles. The summed E-state index contributed by atoms with van der Waals surface area (Å²) < 4.78 is 4.53. The van der Waals surface area contributed by atoms with Crippen LogP contribution in [-0.2, 0) is 9.53 Å². The van der Waals surface area contributed by atoms with Gasteiger partial charge in [0, 0.05) is 11.5 Å². The Morgan fingerprint density at radius 2 is 2.18 bits per heavy atom. The van der Waals surface area contributed by atoms with Gasteiger partial charge in [0.1, 0.15) is 5.75 Å². The van der Waals surface area contributed by atoms with Crippen molar-refractivity contribution in [2.24, 2.45) is 0 Å². The maximum absolute atomic E-state index is 11.3. The van der Waals surface area contributed by atoms with Crippen LogP contribution >= 0.6 is 11.6 Å². The van der Waals surface area contributed by atoms with Crippen molar-refractivity contribution < 1.29 is 14.6 Å². The highest BCUT2D eigenvalue weighted by molar-refractivity contribution is 6.29. The summed E-state index contributed by atoms with van der Waals surface area (Å²) in [5, 5.41) is 9.40. The molecular weight excluding hydrogens is 242 g/mol. The molecule has 0 aliphatic heterocycles. The van der Waals surface area contributed by atoms with Crippen molar-refractivity contribution in [2.75, 3.05) is 7.11 Å². The fraction of sp³-hybridized carbons (Fsp3) is 0.167. The number of esters is 1. The number of halogens is 1. The van der Waals surface area contributed by atoms with E-state index in [4.69, 9.17) is 11.6 Å². The van der Waals surface area contributed by atoms with Gasteiger partial charge >= 0.3 is 5.97 Å². The van der Waals surface area contributed by atoms with Crippen LogP contribution in [0, 0.1) is 0 Å². The molecule has 0 saturated carbocycles. The summed E-state index contributed by atoms with van der Waals surface area (Å²) in [6.45, 7) is 0. The molecule has 17 heavy (non-hydrogen) atoms. The first kappa shape index (κ1) is 11.7. The van der Waals surface area contributed by atoms with Crippen LogP contribution < -0.4 is 0 Å². The predicted molar refractivity (Wildman–Crippen MR) is 64.0 cm³/mol.